The number of fused-ring (bicyclic) bond motifs is 1. The lowest BCUT2D eigenvalue weighted by molar-refractivity contribution is -0.118. The Balaban J connectivity index is 1.67. The molecule has 0 bridgehead atoms. The molecule has 2 aromatic heterocycles. The Morgan fingerprint density at radius 2 is 2.14 bits per heavy atom. The maximum absolute atomic E-state index is 11.7. The minimum atomic E-state index is 0.0860. The summed E-state index contributed by atoms with van der Waals surface area (Å²) in [5, 5.41) is 6.17. The minimum Gasteiger partial charge on any atom is -0.354 e. The molecule has 5 nitrogen and oxygen atoms in total. The molecule has 0 unspecified atom stereocenters. The zero-order valence-corrected chi connectivity index (χ0v) is 14.1. The zero-order valence-electron chi connectivity index (χ0n) is 13.3. The summed E-state index contributed by atoms with van der Waals surface area (Å²) in [5.41, 5.74) is 3.17. The maximum atomic E-state index is 11.7. The van der Waals surface area contributed by atoms with Crippen LogP contribution in [0.3, 0.4) is 0 Å². The van der Waals surface area contributed by atoms with Crippen molar-refractivity contribution >= 4 is 23.3 Å². The van der Waals surface area contributed by atoms with E-state index in [1.165, 1.54) is 5.56 Å². The number of hydrogen-bond acceptors (Lipinski definition) is 4. The highest BCUT2D eigenvalue weighted by Crippen LogP contribution is 2.13. The van der Waals surface area contributed by atoms with E-state index < -0.39 is 0 Å². The van der Waals surface area contributed by atoms with E-state index in [-0.39, 0.29) is 5.91 Å². The third kappa shape index (κ3) is 5.35. The number of nitrogens with one attached hydrogen (secondary N) is 2. The number of rotatable bonds is 9. The lowest BCUT2D eigenvalue weighted by Crippen LogP contribution is -2.33. The van der Waals surface area contributed by atoms with E-state index in [0.29, 0.717) is 12.3 Å². The van der Waals surface area contributed by atoms with Crippen molar-refractivity contribution < 1.29 is 4.79 Å². The summed E-state index contributed by atoms with van der Waals surface area (Å²) in [6.07, 6.45) is 5.21. The number of imidazole rings is 1. The van der Waals surface area contributed by atoms with E-state index in [9.17, 15) is 4.79 Å². The van der Waals surface area contributed by atoms with Gasteiger partial charge in [-0.25, -0.2) is 4.98 Å². The molecule has 0 atom stereocenters. The predicted molar refractivity (Wildman–Crippen MR) is 92.3 cm³/mol. The molecule has 22 heavy (non-hydrogen) atoms. The fourth-order valence-corrected chi connectivity index (χ4v) is 2.85. The summed E-state index contributed by atoms with van der Waals surface area (Å²) < 4.78 is 2.03. The van der Waals surface area contributed by atoms with Crippen LogP contribution in [-0.4, -0.2) is 40.7 Å². The minimum absolute atomic E-state index is 0.0860. The fraction of sp³-hybridized carbons (Fsp3) is 0.500. The second-order valence-electron chi connectivity index (χ2n) is 5.30. The molecule has 0 radical (unpaired) electrons. The van der Waals surface area contributed by atoms with Crippen LogP contribution in [0.5, 0.6) is 0 Å². The highest BCUT2D eigenvalue weighted by molar-refractivity contribution is 7.99. The molecule has 1 amide bonds. The summed E-state index contributed by atoms with van der Waals surface area (Å²) in [6, 6.07) is 4.07. The monoisotopic (exact) mass is 320 g/mol. The van der Waals surface area contributed by atoms with Gasteiger partial charge in [-0.1, -0.05) is 13.0 Å². The summed E-state index contributed by atoms with van der Waals surface area (Å²) in [4.78, 5) is 16.2. The van der Waals surface area contributed by atoms with Gasteiger partial charge in [-0.3, -0.25) is 4.79 Å². The van der Waals surface area contributed by atoms with Gasteiger partial charge >= 0.3 is 0 Å². The first-order chi connectivity index (χ1) is 10.7. The number of nitrogens with zero attached hydrogens (tertiary/aromatic N) is 2. The number of aryl methyl sites for hydroxylation is 1. The van der Waals surface area contributed by atoms with Crippen molar-refractivity contribution in [3.63, 3.8) is 0 Å². The first kappa shape index (κ1) is 16.8. The number of pyridine rings is 1. The van der Waals surface area contributed by atoms with Crippen LogP contribution in [0.15, 0.2) is 24.5 Å². The fourth-order valence-electron chi connectivity index (χ4n) is 2.12. The number of aromatic nitrogens is 2. The van der Waals surface area contributed by atoms with Crippen LogP contribution in [0.4, 0.5) is 0 Å². The second kappa shape index (κ2) is 8.80. The van der Waals surface area contributed by atoms with Crippen molar-refractivity contribution in [2.75, 3.05) is 25.4 Å². The van der Waals surface area contributed by atoms with Crippen molar-refractivity contribution in [2.24, 2.45) is 0 Å². The average molecular weight is 320 g/mol. The van der Waals surface area contributed by atoms with Crippen LogP contribution in [0.2, 0.25) is 0 Å². The molecular formula is C16H24N4OS. The van der Waals surface area contributed by atoms with E-state index in [2.05, 4.69) is 41.7 Å². The largest absolute Gasteiger partial charge is 0.354 e. The first-order valence-corrected chi connectivity index (χ1v) is 8.84. The number of carbonyl (C=O) groups is 1. The molecule has 6 heteroatoms. The molecule has 0 saturated carbocycles. The van der Waals surface area contributed by atoms with Gasteiger partial charge in [0.1, 0.15) is 5.65 Å². The van der Waals surface area contributed by atoms with E-state index in [1.807, 2.05) is 16.7 Å². The molecule has 2 rings (SSSR count). The molecule has 2 N–H and O–H groups in total. The molecule has 0 aliphatic heterocycles. The predicted octanol–water partition coefficient (Wildman–Crippen LogP) is 1.99. The normalized spacial score (nSPS) is 11.0. The van der Waals surface area contributed by atoms with Crippen molar-refractivity contribution in [2.45, 2.75) is 26.0 Å². The van der Waals surface area contributed by atoms with E-state index >= 15 is 0 Å². The molecule has 0 aliphatic carbocycles. The number of hydrogen-bond donors (Lipinski definition) is 2. The van der Waals surface area contributed by atoms with Gasteiger partial charge in [0.15, 0.2) is 0 Å². The van der Waals surface area contributed by atoms with Crippen LogP contribution >= 0.6 is 11.8 Å². The van der Waals surface area contributed by atoms with E-state index in [1.54, 1.807) is 11.8 Å². The van der Waals surface area contributed by atoms with Crippen molar-refractivity contribution in [1.82, 2.24) is 20.0 Å². The quantitative estimate of drug-likeness (QED) is 0.694. The highest BCUT2D eigenvalue weighted by atomic mass is 32.2. The highest BCUT2D eigenvalue weighted by Gasteiger charge is 2.04. The number of amides is 1. The molecule has 0 spiro atoms. The lowest BCUT2D eigenvalue weighted by Gasteiger charge is -2.05. The van der Waals surface area contributed by atoms with Gasteiger partial charge in [0, 0.05) is 31.2 Å². The van der Waals surface area contributed by atoms with Gasteiger partial charge in [0.25, 0.3) is 0 Å². The van der Waals surface area contributed by atoms with Gasteiger partial charge < -0.3 is 15.0 Å². The van der Waals surface area contributed by atoms with Crippen LogP contribution in [-0.2, 0) is 10.5 Å². The van der Waals surface area contributed by atoms with Crippen molar-refractivity contribution in [1.29, 1.82) is 0 Å². The van der Waals surface area contributed by atoms with Gasteiger partial charge in [-0.2, -0.15) is 0 Å². The van der Waals surface area contributed by atoms with Gasteiger partial charge in [-0.15, -0.1) is 11.8 Å². The third-order valence-electron chi connectivity index (χ3n) is 3.18. The Morgan fingerprint density at radius 3 is 2.95 bits per heavy atom. The molecule has 0 fully saturated rings. The Bertz CT molecular complexity index is 611. The van der Waals surface area contributed by atoms with Gasteiger partial charge in [0.05, 0.1) is 11.4 Å². The number of thioether (sulfide) groups is 1. The Morgan fingerprint density at radius 1 is 1.27 bits per heavy atom. The molecule has 2 heterocycles. The van der Waals surface area contributed by atoms with Gasteiger partial charge in [-0.05, 0) is 31.5 Å². The molecule has 0 saturated heterocycles. The SMILES string of the molecule is CCCNCCNC(=O)CSCc1cn2cc(C)ccc2n1. The molecule has 0 aromatic carbocycles. The Kier molecular flexibility index (Phi) is 6.74. The van der Waals surface area contributed by atoms with E-state index in [4.69, 9.17) is 0 Å². The van der Waals surface area contributed by atoms with Crippen LogP contribution < -0.4 is 10.6 Å². The summed E-state index contributed by atoms with van der Waals surface area (Å²) in [6.45, 7) is 6.71. The standard InChI is InChI=1S/C16H24N4OS/c1-3-6-17-7-8-18-16(21)12-22-11-14-10-20-9-13(2)4-5-15(20)19-14/h4-5,9-10,17H,3,6-8,11-12H2,1-2H3,(H,18,21). The molecule has 2 aromatic rings. The van der Waals surface area contributed by atoms with Crippen LogP contribution in [0.1, 0.15) is 24.6 Å². The topological polar surface area (TPSA) is 58.4 Å². The number of carbonyl (C=O) groups excluding carboxylic acids is 1. The first-order valence-electron chi connectivity index (χ1n) is 7.68. The third-order valence-corrected chi connectivity index (χ3v) is 4.15. The summed E-state index contributed by atoms with van der Waals surface area (Å²) >= 11 is 1.59. The molecular weight excluding hydrogens is 296 g/mol. The Labute approximate surface area is 135 Å². The average Bonchev–Trinajstić information content (AvgIpc) is 2.88. The van der Waals surface area contributed by atoms with Crippen LogP contribution in [0, 0.1) is 6.92 Å². The van der Waals surface area contributed by atoms with E-state index in [0.717, 1.165) is 36.6 Å². The zero-order chi connectivity index (χ0) is 15.8. The Hall–Kier alpha value is -1.53. The summed E-state index contributed by atoms with van der Waals surface area (Å²) in [7, 11) is 0. The van der Waals surface area contributed by atoms with Crippen molar-refractivity contribution in [3.8, 4) is 0 Å². The van der Waals surface area contributed by atoms with Gasteiger partial charge in [0.2, 0.25) is 5.91 Å². The van der Waals surface area contributed by atoms with Crippen LogP contribution in [0.25, 0.3) is 5.65 Å². The maximum Gasteiger partial charge on any atom is 0.230 e. The summed E-state index contributed by atoms with van der Waals surface area (Å²) in [5.74, 6) is 1.31. The smallest absolute Gasteiger partial charge is 0.230 e. The lowest BCUT2D eigenvalue weighted by atomic mass is 10.3. The molecule has 120 valence electrons. The molecule has 0 aliphatic rings. The van der Waals surface area contributed by atoms with Crippen molar-refractivity contribution in [3.05, 3.63) is 35.8 Å². The second-order valence-corrected chi connectivity index (χ2v) is 6.28.